The molecule has 0 aliphatic rings. The molecule has 6 nitrogen and oxygen atoms in total. The van der Waals surface area contributed by atoms with E-state index >= 15 is 0 Å². The molecule has 0 aliphatic heterocycles. The van der Waals surface area contributed by atoms with Gasteiger partial charge < -0.3 is 14.8 Å². The van der Waals surface area contributed by atoms with Gasteiger partial charge >= 0.3 is 6.18 Å². The van der Waals surface area contributed by atoms with Crippen molar-refractivity contribution in [2.75, 3.05) is 19.5 Å². The average molecular weight is 405 g/mol. The van der Waals surface area contributed by atoms with E-state index in [4.69, 9.17) is 9.47 Å². The van der Waals surface area contributed by atoms with Crippen LogP contribution in [0.1, 0.15) is 5.69 Å². The van der Waals surface area contributed by atoms with Gasteiger partial charge in [-0.3, -0.25) is 9.48 Å². The predicted molar refractivity (Wildman–Crippen MR) is 101 cm³/mol. The summed E-state index contributed by atoms with van der Waals surface area (Å²) >= 11 is 0. The number of alkyl halides is 3. The smallest absolute Gasteiger partial charge is 0.435 e. The number of anilines is 1. The molecule has 0 saturated carbocycles. The first-order chi connectivity index (χ1) is 13.8. The zero-order chi connectivity index (χ0) is 21.0. The lowest BCUT2D eigenvalue weighted by Crippen LogP contribution is -2.19. The maximum absolute atomic E-state index is 12.6. The van der Waals surface area contributed by atoms with Crippen LogP contribution < -0.4 is 14.8 Å². The van der Waals surface area contributed by atoms with Crippen molar-refractivity contribution >= 4 is 11.6 Å². The largest absolute Gasteiger partial charge is 0.497 e. The van der Waals surface area contributed by atoms with Gasteiger partial charge in [-0.1, -0.05) is 12.1 Å². The van der Waals surface area contributed by atoms with Crippen LogP contribution >= 0.6 is 0 Å². The third-order valence-corrected chi connectivity index (χ3v) is 4.12. The van der Waals surface area contributed by atoms with Gasteiger partial charge in [0.15, 0.2) is 5.69 Å². The molecule has 0 saturated heterocycles. The number of carbonyl (C=O) groups excluding carboxylic acids is 1. The molecule has 2 aromatic carbocycles. The number of aromatic nitrogens is 2. The van der Waals surface area contributed by atoms with Gasteiger partial charge in [-0.05, 0) is 42.0 Å². The number of nitrogens with one attached hydrogen (secondary N) is 1. The van der Waals surface area contributed by atoms with Gasteiger partial charge in [0.25, 0.3) is 0 Å². The molecule has 0 unspecified atom stereocenters. The molecule has 0 atom stereocenters. The molecule has 0 spiro atoms. The Labute approximate surface area is 164 Å². The van der Waals surface area contributed by atoms with Crippen LogP contribution in [-0.2, 0) is 17.5 Å². The fraction of sp³-hybridized carbons (Fsp3) is 0.200. The van der Waals surface area contributed by atoms with Gasteiger partial charge in [0.2, 0.25) is 5.91 Å². The lowest BCUT2D eigenvalue weighted by Gasteiger charge is -2.12. The standard InChI is InChI=1S/C20H18F3N3O3/c1-28-15-6-3-13(4-7-15)16-11-14(5-8-17(16)29-2)24-19(27)12-26-10-9-18(25-26)20(21,22)23/h3-11H,12H2,1-2H3,(H,24,27). The van der Waals surface area contributed by atoms with E-state index in [0.717, 1.165) is 28.1 Å². The van der Waals surface area contributed by atoms with E-state index in [1.165, 1.54) is 7.11 Å². The zero-order valence-electron chi connectivity index (χ0n) is 15.7. The Morgan fingerprint density at radius 1 is 1.07 bits per heavy atom. The number of benzene rings is 2. The fourth-order valence-electron chi connectivity index (χ4n) is 2.73. The summed E-state index contributed by atoms with van der Waals surface area (Å²) in [7, 11) is 3.11. The number of hydrogen-bond donors (Lipinski definition) is 1. The molecular weight excluding hydrogens is 387 g/mol. The highest BCUT2D eigenvalue weighted by Crippen LogP contribution is 2.33. The second-order valence-electron chi connectivity index (χ2n) is 6.09. The number of halogens is 3. The Morgan fingerprint density at radius 3 is 2.38 bits per heavy atom. The molecule has 0 fully saturated rings. The van der Waals surface area contributed by atoms with E-state index < -0.39 is 17.8 Å². The number of nitrogens with zero attached hydrogens (tertiary/aromatic N) is 2. The molecular formula is C20H18F3N3O3. The van der Waals surface area contributed by atoms with Crippen molar-refractivity contribution in [1.29, 1.82) is 0 Å². The van der Waals surface area contributed by atoms with Crippen molar-refractivity contribution in [1.82, 2.24) is 9.78 Å². The van der Waals surface area contributed by atoms with Gasteiger partial charge in [0.1, 0.15) is 18.0 Å². The van der Waals surface area contributed by atoms with Gasteiger partial charge in [-0.25, -0.2) is 0 Å². The van der Waals surface area contributed by atoms with E-state index in [1.54, 1.807) is 37.4 Å². The number of methoxy groups -OCH3 is 2. The Morgan fingerprint density at radius 2 is 1.79 bits per heavy atom. The van der Waals surface area contributed by atoms with Crippen molar-refractivity contribution in [3.05, 3.63) is 60.4 Å². The van der Waals surface area contributed by atoms with E-state index in [1.807, 2.05) is 12.1 Å². The van der Waals surface area contributed by atoms with Crippen molar-refractivity contribution < 1.29 is 27.4 Å². The second kappa shape index (κ2) is 8.26. The Balaban J connectivity index is 1.76. The number of hydrogen-bond acceptors (Lipinski definition) is 4. The molecule has 1 aromatic heterocycles. The Kier molecular flexibility index (Phi) is 5.76. The molecule has 1 N–H and O–H groups in total. The summed E-state index contributed by atoms with van der Waals surface area (Å²) in [5.74, 6) is 0.803. The summed E-state index contributed by atoms with van der Waals surface area (Å²) in [6, 6.07) is 13.2. The number of ether oxygens (including phenoxy) is 2. The van der Waals surface area contributed by atoms with Crippen LogP contribution in [0.5, 0.6) is 11.5 Å². The van der Waals surface area contributed by atoms with Crippen LogP contribution in [0.2, 0.25) is 0 Å². The van der Waals surface area contributed by atoms with E-state index in [9.17, 15) is 18.0 Å². The minimum absolute atomic E-state index is 0.347. The van der Waals surface area contributed by atoms with Gasteiger partial charge in [-0.2, -0.15) is 18.3 Å². The lowest BCUT2D eigenvalue weighted by molar-refractivity contribution is -0.141. The molecule has 0 bridgehead atoms. The molecule has 3 rings (SSSR count). The normalized spacial score (nSPS) is 11.2. The van der Waals surface area contributed by atoms with Crippen LogP contribution in [0.4, 0.5) is 18.9 Å². The number of carbonyl (C=O) groups is 1. The molecule has 1 amide bonds. The number of rotatable bonds is 6. The molecule has 152 valence electrons. The highest BCUT2D eigenvalue weighted by Gasteiger charge is 2.33. The average Bonchev–Trinajstić information content (AvgIpc) is 3.17. The topological polar surface area (TPSA) is 65.4 Å². The van der Waals surface area contributed by atoms with Crippen molar-refractivity contribution in [3.63, 3.8) is 0 Å². The highest BCUT2D eigenvalue weighted by molar-refractivity contribution is 5.91. The first-order valence-corrected chi connectivity index (χ1v) is 8.53. The summed E-state index contributed by atoms with van der Waals surface area (Å²) in [5, 5.41) is 6.03. The first kappa shape index (κ1) is 20.2. The van der Waals surface area contributed by atoms with Crippen LogP contribution in [0, 0.1) is 0 Å². The summed E-state index contributed by atoms with van der Waals surface area (Å²) in [6.07, 6.45) is -3.44. The summed E-state index contributed by atoms with van der Waals surface area (Å²) in [4.78, 5) is 12.2. The highest BCUT2D eigenvalue weighted by atomic mass is 19.4. The van der Waals surface area contributed by atoms with Gasteiger partial charge in [0, 0.05) is 17.4 Å². The Bertz CT molecular complexity index is 998. The Hall–Kier alpha value is -3.49. The maximum atomic E-state index is 12.6. The van der Waals surface area contributed by atoms with Crippen LogP contribution in [0.25, 0.3) is 11.1 Å². The van der Waals surface area contributed by atoms with Crippen LogP contribution in [0.15, 0.2) is 54.7 Å². The third-order valence-electron chi connectivity index (χ3n) is 4.12. The van der Waals surface area contributed by atoms with Crippen LogP contribution in [-0.4, -0.2) is 29.9 Å². The van der Waals surface area contributed by atoms with Crippen molar-refractivity contribution in [2.24, 2.45) is 0 Å². The third kappa shape index (κ3) is 4.87. The second-order valence-corrected chi connectivity index (χ2v) is 6.09. The van der Waals surface area contributed by atoms with Gasteiger partial charge in [0.05, 0.1) is 14.2 Å². The summed E-state index contributed by atoms with van der Waals surface area (Å²) in [6.45, 7) is -0.347. The van der Waals surface area contributed by atoms with Crippen LogP contribution in [0.3, 0.4) is 0 Å². The quantitative estimate of drug-likeness (QED) is 0.667. The van der Waals surface area contributed by atoms with E-state index in [2.05, 4.69) is 10.4 Å². The SMILES string of the molecule is COc1ccc(-c2cc(NC(=O)Cn3ccc(C(F)(F)F)n3)ccc2OC)cc1. The molecule has 0 radical (unpaired) electrons. The molecule has 29 heavy (non-hydrogen) atoms. The van der Waals surface area contributed by atoms with E-state index in [0.29, 0.717) is 17.2 Å². The number of amides is 1. The van der Waals surface area contributed by atoms with Crippen molar-refractivity contribution in [3.8, 4) is 22.6 Å². The summed E-state index contributed by atoms with van der Waals surface area (Å²) < 4.78 is 49.3. The minimum Gasteiger partial charge on any atom is -0.497 e. The molecule has 0 aliphatic carbocycles. The predicted octanol–water partition coefficient (Wildman–Crippen LogP) is 4.22. The van der Waals surface area contributed by atoms with Gasteiger partial charge in [-0.15, -0.1) is 0 Å². The first-order valence-electron chi connectivity index (χ1n) is 8.53. The molecule has 9 heteroatoms. The zero-order valence-corrected chi connectivity index (χ0v) is 15.7. The lowest BCUT2D eigenvalue weighted by atomic mass is 10.0. The monoisotopic (exact) mass is 405 g/mol. The minimum atomic E-state index is -4.55. The molecule has 1 heterocycles. The van der Waals surface area contributed by atoms with Crippen molar-refractivity contribution in [2.45, 2.75) is 12.7 Å². The summed E-state index contributed by atoms with van der Waals surface area (Å²) in [5.41, 5.74) is 1.02. The maximum Gasteiger partial charge on any atom is 0.435 e. The van der Waals surface area contributed by atoms with E-state index in [-0.39, 0.29) is 6.54 Å². The fourth-order valence-corrected chi connectivity index (χ4v) is 2.73. The molecule has 3 aromatic rings.